The van der Waals surface area contributed by atoms with Crippen molar-refractivity contribution < 1.29 is 42.7 Å². The van der Waals surface area contributed by atoms with Crippen molar-refractivity contribution in [3.63, 3.8) is 0 Å². The maximum atomic E-state index is 12.4. The van der Waals surface area contributed by atoms with E-state index in [1.807, 2.05) is 0 Å². The third-order valence-corrected chi connectivity index (χ3v) is 10.4. The number of epoxide rings is 1. The van der Waals surface area contributed by atoms with Crippen LogP contribution in [0.5, 0.6) is 0 Å². The van der Waals surface area contributed by atoms with Crippen LogP contribution in [0.25, 0.3) is 0 Å². The van der Waals surface area contributed by atoms with E-state index in [4.69, 9.17) is 24.0 Å². The lowest BCUT2D eigenvalue weighted by Gasteiger charge is -2.18. The Balaban J connectivity index is 2.04. The first kappa shape index (κ1) is 48.8. The van der Waals surface area contributed by atoms with Crippen LogP contribution >= 0.6 is 7.82 Å². The number of hydrogen-bond donors (Lipinski definition) is 2. The molecule has 2 unspecified atom stereocenters. The highest BCUT2D eigenvalue weighted by atomic mass is 31.2. The molecule has 1 saturated heterocycles. The van der Waals surface area contributed by atoms with Crippen LogP contribution in [0.15, 0.2) is 12.2 Å². The van der Waals surface area contributed by atoms with Crippen molar-refractivity contribution in [2.75, 3.05) is 13.2 Å². The fourth-order valence-corrected chi connectivity index (χ4v) is 6.98. The fraction of sp³-hybridized carbons (Fsp3) is 0.905. The molecule has 1 aliphatic heterocycles. The summed E-state index contributed by atoms with van der Waals surface area (Å²) in [6.45, 7) is 3.66. The van der Waals surface area contributed by atoms with Crippen molar-refractivity contribution in [1.82, 2.24) is 0 Å². The van der Waals surface area contributed by atoms with Gasteiger partial charge < -0.3 is 24.0 Å². The highest BCUT2D eigenvalue weighted by Crippen LogP contribution is 2.36. The zero-order valence-electron chi connectivity index (χ0n) is 33.4. The van der Waals surface area contributed by atoms with Gasteiger partial charge in [0.25, 0.3) is 0 Å². The van der Waals surface area contributed by atoms with Gasteiger partial charge in [0.2, 0.25) is 0 Å². The molecule has 306 valence electrons. The van der Waals surface area contributed by atoms with Crippen LogP contribution in [-0.4, -0.2) is 53.3 Å². The summed E-state index contributed by atoms with van der Waals surface area (Å²) in [6, 6.07) is 0. The van der Waals surface area contributed by atoms with Gasteiger partial charge in [-0.3, -0.25) is 14.1 Å². The number of rotatable bonds is 39. The van der Waals surface area contributed by atoms with Gasteiger partial charge >= 0.3 is 19.8 Å². The van der Waals surface area contributed by atoms with E-state index in [1.54, 1.807) is 0 Å². The van der Waals surface area contributed by atoms with E-state index >= 15 is 0 Å². The first-order valence-corrected chi connectivity index (χ1v) is 23.1. The number of carbonyl (C=O) groups excluding carboxylic acids is 2. The summed E-state index contributed by atoms with van der Waals surface area (Å²) < 4.78 is 32.2. The van der Waals surface area contributed by atoms with Crippen molar-refractivity contribution in [3.8, 4) is 0 Å². The highest BCUT2D eigenvalue weighted by Gasteiger charge is 2.36. The number of hydrogen-bond acceptors (Lipinski definition) is 7. The molecule has 0 bridgehead atoms. The van der Waals surface area contributed by atoms with E-state index in [0.717, 1.165) is 64.2 Å². The second-order valence-corrected chi connectivity index (χ2v) is 16.3. The van der Waals surface area contributed by atoms with Crippen molar-refractivity contribution >= 4 is 19.8 Å². The lowest BCUT2D eigenvalue weighted by molar-refractivity contribution is -0.161. The Morgan fingerprint density at radius 2 is 1.06 bits per heavy atom. The van der Waals surface area contributed by atoms with Crippen LogP contribution in [0, 0.1) is 0 Å². The smallest absolute Gasteiger partial charge is 0.462 e. The van der Waals surface area contributed by atoms with Gasteiger partial charge in [-0.2, -0.15) is 0 Å². The average Bonchev–Trinajstić information content (AvgIpc) is 3.87. The van der Waals surface area contributed by atoms with E-state index in [2.05, 4.69) is 30.5 Å². The molecule has 1 fully saturated rings. The number of ether oxygens (including phenoxy) is 3. The molecule has 2 N–H and O–H groups in total. The van der Waals surface area contributed by atoms with Crippen molar-refractivity contribution in [2.24, 2.45) is 0 Å². The monoisotopic (exact) mass is 759 g/mol. The molecule has 1 heterocycles. The van der Waals surface area contributed by atoms with E-state index in [0.29, 0.717) is 25.0 Å². The summed E-state index contributed by atoms with van der Waals surface area (Å²) in [4.78, 5) is 42.9. The third-order valence-electron chi connectivity index (χ3n) is 9.96. The SMILES string of the molecule is CCCCC/C=C\CC1OC1CCCCCCCC(=O)OC[C@H](COP(=O)(O)O)OC(=O)CCCCCCCCCCCCCCCCCCCC. The second kappa shape index (κ2) is 34.3. The minimum Gasteiger partial charge on any atom is -0.462 e. The van der Waals surface area contributed by atoms with Crippen LogP contribution < -0.4 is 0 Å². The predicted molar refractivity (Wildman–Crippen MR) is 211 cm³/mol. The molecule has 0 aromatic rings. The van der Waals surface area contributed by atoms with Crippen molar-refractivity contribution in [1.29, 1.82) is 0 Å². The molecule has 0 aromatic heterocycles. The van der Waals surface area contributed by atoms with Crippen molar-refractivity contribution in [2.45, 2.75) is 231 Å². The molecule has 52 heavy (non-hydrogen) atoms. The number of phosphoric ester groups is 1. The van der Waals surface area contributed by atoms with Crippen molar-refractivity contribution in [3.05, 3.63) is 12.2 Å². The Bertz CT molecular complexity index is 921. The summed E-state index contributed by atoms with van der Waals surface area (Å²) in [5.41, 5.74) is 0. The maximum Gasteiger partial charge on any atom is 0.469 e. The van der Waals surface area contributed by atoms with E-state index < -0.39 is 32.5 Å². The Labute approximate surface area is 318 Å². The second-order valence-electron chi connectivity index (χ2n) is 15.1. The zero-order valence-corrected chi connectivity index (χ0v) is 34.3. The molecule has 0 spiro atoms. The molecule has 0 aliphatic carbocycles. The zero-order chi connectivity index (χ0) is 38.0. The van der Waals surface area contributed by atoms with E-state index in [9.17, 15) is 14.2 Å². The average molecular weight is 759 g/mol. The molecular formula is C42H79O9P. The molecule has 9 nitrogen and oxygen atoms in total. The summed E-state index contributed by atoms with van der Waals surface area (Å²) in [5, 5.41) is 0. The maximum absolute atomic E-state index is 12.4. The molecule has 0 saturated carbocycles. The normalized spacial score (nSPS) is 16.4. The van der Waals surface area contributed by atoms with Crippen LogP contribution in [0.2, 0.25) is 0 Å². The Morgan fingerprint density at radius 1 is 0.596 bits per heavy atom. The van der Waals surface area contributed by atoms with Gasteiger partial charge in [-0.15, -0.1) is 0 Å². The lowest BCUT2D eigenvalue weighted by atomic mass is 10.0. The summed E-state index contributed by atoms with van der Waals surface area (Å²) in [7, 11) is -4.76. The standard InChI is InChI=1S/C42H79O9P/c1-3-5-7-9-11-12-13-14-15-16-17-18-19-20-21-22-26-31-35-42(44)50-38(37-49-52(45,46)47)36-48-41(43)34-30-27-23-25-29-33-40-39(51-40)32-28-24-10-8-6-4-2/h24,28,38-40H,3-23,25-27,29-37H2,1-2H3,(H2,45,46,47)/b28-24-/t38-,39?,40?/m1/s1. The van der Waals surface area contributed by atoms with Gasteiger partial charge in [0.15, 0.2) is 6.10 Å². The minimum absolute atomic E-state index is 0.211. The number of phosphoric acid groups is 1. The van der Waals surface area contributed by atoms with Gasteiger partial charge in [-0.05, 0) is 38.5 Å². The molecule has 0 radical (unpaired) electrons. The Morgan fingerprint density at radius 3 is 1.58 bits per heavy atom. The molecule has 0 amide bonds. The Hall–Kier alpha value is -1.25. The minimum atomic E-state index is -4.76. The number of allylic oxidation sites excluding steroid dienone is 1. The van der Waals surface area contributed by atoms with E-state index in [1.165, 1.54) is 109 Å². The first-order chi connectivity index (χ1) is 25.2. The van der Waals surface area contributed by atoms with Gasteiger partial charge in [-0.25, -0.2) is 4.57 Å². The number of carbonyl (C=O) groups is 2. The van der Waals surface area contributed by atoms with Gasteiger partial charge in [0, 0.05) is 12.8 Å². The molecule has 3 atom stereocenters. The van der Waals surface area contributed by atoms with Gasteiger partial charge in [0.1, 0.15) is 6.61 Å². The van der Waals surface area contributed by atoms with E-state index in [-0.39, 0.29) is 19.4 Å². The van der Waals surface area contributed by atoms with Gasteiger partial charge in [-0.1, -0.05) is 174 Å². The predicted octanol–water partition coefficient (Wildman–Crippen LogP) is 12.0. The largest absolute Gasteiger partial charge is 0.469 e. The molecule has 10 heteroatoms. The molecular weight excluding hydrogens is 679 g/mol. The summed E-state index contributed by atoms with van der Waals surface area (Å²) in [6.07, 6.45) is 39.5. The summed E-state index contributed by atoms with van der Waals surface area (Å²) in [5.74, 6) is -0.897. The highest BCUT2D eigenvalue weighted by molar-refractivity contribution is 7.46. The Kier molecular flexibility index (Phi) is 32.1. The van der Waals surface area contributed by atoms with Crippen LogP contribution in [-0.2, 0) is 32.9 Å². The topological polar surface area (TPSA) is 132 Å². The summed E-state index contributed by atoms with van der Waals surface area (Å²) >= 11 is 0. The van der Waals surface area contributed by atoms with Gasteiger partial charge in [0.05, 0.1) is 18.8 Å². The lowest BCUT2D eigenvalue weighted by Crippen LogP contribution is -2.29. The third kappa shape index (κ3) is 33.3. The van der Waals surface area contributed by atoms with Crippen LogP contribution in [0.4, 0.5) is 0 Å². The molecule has 0 aromatic carbocycles. The van der Waals surface area contributed by atoms with Crippen LogP contribution in [0.3, 0.4) is 0 Å². The first-order valence-electron chi connectivity index (χ1n) is 21.6. The fourth-order valence-electron chi connectivity index (χ4n) is 6.62. The molecule has 1 rings (SSSR count). The van der Waals surface area contributed by atoms with Crippen LogP contribution in [0.1, 0.15) is 213 Å². The number of unbranched alkanes of at least 4 members (excludes halogenated alkanes) is 24. The number of esters is 2. The quantitative estimate of drug-likeness (QED) is 0.0207. The molecule has 1 aliphatic rings.